The number of rotatable bonds is 9. The van der Waals surface area contributed by atoms with Gasteiger partial charge in [-0.3, -0.25) is 0 Å². The Morgan fingerprint density at radius 2 is 2.20 bits per heavy atom. The van der Waals surface area contributed by atoms with E-state index in [4.69, 9.17) is 4.74 Å². The molecule has 0 aromatic carbocycles. The molecule has 2 aromatic rings. The van der Waals surface area contributed by atoms with E-state index in [-0.39, 0.29) is 24.0 Å². The summed E-state index contributed by atoms with van der Waals surface area (Å²) < 4.78 is 7.33. The van der Waals surface area contributed by atoms with Crippen LogP contribution >= 0.6 is 35.3 Å². The van der Waals surface area contributed by atoms with E-state index in [2.05, 4.69) is 42.6 Å². The fourth-order valence-electron chi connectivity index (χ4n) is 2.02. The molecule has 9 heteroatoms. The van der Waals surface area contributed by atoms with Crippen molar-refractivity contribution < 1.29 is 4.74 Å². The van der Waals surface area contributed by atoms with Crippen molar-refractivity contribution in [2.24, 2.45) is 12.0 Å². The summed E-state index contributed by atoms with van der Waals surface area (Å²) in [6, 6.07) is 2.09. The Balaban J connectivity index is 0.00000312. The van der Waals surface area contributed by atoms with Crippen molar-refractivity contribution in [3.05, 3.63) is 34.0 Å². The van der Waals surface area contributed by atoms with E-state index < -0.39 is 0 Å². The predicted octanol–water partition coefficient (Wildman–Crippen LogP) is 2.47. The zero-order chi connectivity index (χ0) is 17.2. The first-order valence-corrected chi connectivity index (χ1v) is 9.11. The highest BCUT2D eigenvalue weighted by atomic mass is 127. The van der Waals surface area contributed by atoms with Crippen molar-refractivity contribution >= 4 is 41.3 Å². The van der Waals surface area contributed by atoms with E-state index in [0.29, 0.717) is 13.1 Å². The van der Waals surface area contributed by atoms with Gasteiger partial charge in [-0.25, -0.2) is 4.99 Å². The molecule has 0 aliphatic rings. The van der Waals surface area contributed by atoms with E-state index in [9.17, 15) is 0 Å². The Labute approximate surface area is 170 Å². The van der Waals surface area contributed by atoms with Gasteiger partial charge in [0.2, 0.25) is 0 Å². The molecule has 0 saturated carbocycles. The molecule has 0 aliphatic carbocycles. The van der Waals surface area contributed by atoms with Crippen molar-refractivity contribution in [3.8, 4) is 0 Å². The standard InChI is InChI=1S/C16H26N6OS.HI/c1-4-23-8-5-7-17-16(18-10-14-6-9-24-12-14)19-11-15-21-20-13(2)22(15)3;/h6,9,12H,4-5,7-8,10-11H2,1-3H3,(H2,17,18,19);1H. The van der Waals surface area contributed by atoms with E-state index >= 15 is 0 Å². The first-order chi connectivity index (χ1) is 11.7. The molecule has 7 nitrogen and oxygen atoms in total. The first-order valence-electron chi connectivity index (χ1n) is 8.16. The average molecular weight is 478 g/mol. The Morgan fingerprint density at radius 1 is 1.36 bits per heavy atom. The Bertz CT molecular complexity index is 629. The maximum absolute atomic E-state index is 5.36. The molecule has 2 heterocycles. The molecule has 0 radical (unpaired) electrons. The maximum atomic E-state index is 5.36. The van der Waals surface area contributed by atoms with Gasteiger partial charge in [0, 0.05) is 26.8 Å². The lowest BCUT2D eigenvalue weighted by Crippen LogP contribution is -2.38. The molecular weight excluding hydrogens is 451 g/mol. The SMILES string of the molecule is CCOCCCNC(=NCc1ccsc1)NCc1nnc(C)n1C.I. The average Bonchev–Trinajstić information content (AvgIpc) is 3.21. The molecule has 2 rings (SSSR count). The molecule has 25 heavy (non-hydrogen) atoms. The van der Waals surface area contributed by atoms with Crippen LogP contribution < -0.4 is 10.6 Å². The molecule has 0 aliphatic heterocycles. The highest BCUT2D eigenvalue weighted by molar-refractivity contribution is 14.0. The second-order valence-corrected chi connectivity index (χ2v) is 6.13. The third kappa shape index (κ3) is 7.70. The number of aliphatic imine (C=N–C) groups is 1. The van der Waals surface area contributed by atoms with E-state index in [1.54, 1.807) is 11.3 Å². The van der Waals surface area contributed by atoms with Crippen LogP contribution in [0.1, 0.15) is 30.6 Å². The third-order valence-electron chi connectivity index (χ3n) is 3.56. The lowest BCUT2D eigenvalue weighted by Gasteiger charge is -2.12. The second-order valence-electron chi connectivity index (χ2n) is 5.35. The number of nitrogens with one attached hydrogen (secondary N) is 2. The number of hydrogen-bond donors (Lipinski definition) is 2. The molecule has 0 saturated heterocycles. The monoisotopic (exact) mass is 478 g/mol. The fourth-order valence-corrected chi connectivity index (χ4v) is 2.68. The smallest absolute Gasteiger partial charge is 0.191 e. The van der Waals surface area contributed by atoms with Gasteiger partial charge in [-0.15, -0.1) is 34.2 Å². The summed E-state index contributed by atoms with van der Waals surface area (Å²) in [5, 5.41) is 19.1. The minimum Gasteiger partial charge on any atom is -0.382 e. The number of aromatic nitrogens is 3. The highest BCUT2D eigenvalue weighted by Gasteiger charge is 2.06. The number of thiophene rings is 1. The minimum atomic E-state index is 0. The number of halogens is 1. The van der Waals surface area contributed by atoms with Crippen LogP contribution in [0.15, 0.2) is 21.8 Å². The normalized spacial score (nSPS) is 11.2. The number of ether oxygens (including phenoxy) is 1. The van der Waals surface area contributed by atoms with Crippen LogP contribution in [-0.2, 0) is 24.9 Å². The largest absolute Gasteiger partial charge is 0.382 e. The van der Waals surface area contributed by atoms with E-state index in [1.807, 2.05) is 25.5 Å². The summed E-state index contributed by atoms with van der Waals surface area (Å²) >= 11 is 1.68. The van der Waals surface area contributed by atoms with Crippen molar-refractivity contribution in [2.75, 3.05) is 19.8 Å². The molecule has 0 unspecified atom stereocenters. The Hall–Kier alpha value is -1.20. The first kappa shape index (κ1) is 21.8. The van der Waals surface area contributed by atoms with Crippen molar-refractivity contribution in [3.63, 3.8) is 0 Å². The summed E-state index contributed by atoms with van der Waals surface area (Å²) in [5.41, 5.74) is 1.21. The minimum absolute atomic E-state index is 0. The lowest BCUT2D eigenvalue weighted by molar-refractivity contribution is 0.145. The maximum Gasteiger partial charge on any atom is 0.191 e. The van der Waals surface area contributed by atoms with Gasteiger partial charge < -0.3 is 19.9 Å². The van der Waals surface area contributed by atoms with Crippen LogP contribution in [-0.4, -0.2) is 40.5 Å². The van der Waals surface area contributed by atoms with Crippen LogP contribution in [0.5, 0.6) is 0 Å². The van der Waals surface area contributed by atoms with Crippen LogP contribution in [0.3, 0.4) is 0 Å². The van der Waals surface area contributed by atoms with Crippen molar-refractivity contribution in [1.82, 2.24) is 25.4 Å². The molecule has 0 bridgehead atoms. The quantitative estimate of drug-likeness (QED) is 0.251. The van der Waals surface area contributed by atoms with Gasteiger partial charge in [0.1, 0.15) is 5.82 Å². The molecule has 0 fully saturated rings. The van der Waals surface area contributed by atoms with Gasteiger partial charge >= 0.3 is 0 Å². The summed E-state index contributed by atoms with van der Waals surface area (Å²) in [5.74, 6) is 2.55. The lowest BCUT2D eigenvalue weighted by atomic mass is 10.3. The zero-order valence-corrected chi connectivity index (χ0v) is 18.1. The van der Waals surface area contributed by atoms with Crippen LogP contribution in [0.2, 0.25) is 0 Å². The Morgan fingerprint density at radius 3 is 2.84 bits per heavy atom. The molecule has 2 aromatic heterocycles. The van der Waals surface area contributed by atoms with E-state index in [1.165, 1.54) is 5.56 Å². The third-order valence-corrected chi connectivity index (χ3v) is 4.29. The van der Waals surface area contributed by atoms with Gasteiger partial charge in [0.15, 0.2) is 11.8 Å². The molecule has 2 N–H and O–H groups in total. The van der Waals surface area contributed by atoms with Crippen LogP contribution in [0.4, 0.5) is 0 Å². The highest BCUT2D eigenvalue weighted by Crippen LogP contribution is 2.06. The molecular formula is C16H27IN6OS. The second kappa shape index (κ2) is 12.2. The number of nitrogens with zero attached hydrogens (tertiary/aromatic N) is 4. The van der Waals surface area contributed by atoms with E-state index in [0.717, 1.165) is 43.8 Å². The zero-order valence-electron chi connectivity index (χ0n) is 15.0. The van der Waals surface area contributed by atoms with Crippen LogP contribution in [0, 0.1) is 6.92 Å². The van der Waals surface area contributed by atoms with Gasteiger partial charge in [-0.2, -0.15) is 11.3 Å². The van der Waals surface area contributed by atoms with Crippen LogP contribution in [0.25, 0.3) is 0 Å². The molecule has 0 spiro atoms. The predicted molar refractivity (Wildman–Crippen MR) is 113 cm³/mol. The number of aryl methyl sites for hydroxylation is 1. The van der Waals surface area contributed by atoms with Gasteiger partial charge in [-0.05, 0) is 42.7 Å². The fraction of sp³-hybridized carbons (Fsp3) is 0.562. The van der Waals surface area contributed by atoms with Gasteiger partial charge in [0.05, 0.1) is 13.1 Å². The van der Waals surface area contributed by atoms with Crippen molar-refractivity contribution in [1.29, 1.82) is 0 Å². The molecule has 0 atom stereocenters. The topological polar surface area (TPSA) is 76.4 Å². The van der Waals surface area contributed by atoms with Crippen molar-refractivity contribution in [2.45, 2.75) is 33.4 Å². The summed E-state index contributed by atoms with van der Waals surface area (Å²) in [4.78, 5) is 4.64. The van der Waals surface area contributed by atoms with Gasteiger partial charge in [0.25, 0.3) is 0 Å². The summed E-state index contributed by atoms with van der Waals surface area (Å²) in [7, 11) is 1.96. The molecule has 140 valence electrons. The number of hydrogen-bond acceptors (Lipinski definition) is 5. The number of guanidine groups is 1. The summed E-state index contributed by atoms with van der Waals surface area (Å²) in [6.07, 6.45) is 0.941. The van der Waals surface area contributed by atoms with Gasteiger partial charge in [-0.1, -0.05) is 0 Å². The Kier molecular flexibility index (Phi) is 10.7. The summed E-state index contributed by atoms with van der Waals surface area (Å²) in [6.45, 7) is 7.50. The molecule has 0 amide bonds.